The highest BCUT2D eigenvalue weighted by molar-refractivity contribution is 5.97. The number of likely N-dealkylation sites (tertiary alicyclic amines) is 1. The van der Waals surface area contributed by atoms with E-state index in [4.69, 9.17) is 10.5 Å². The van der Waals surface area contributed by atoms with Crippen LogP contribution in [0.15, 0.2) is 18.3 Å². The van der Waals surface area contributed by atoms with Crippen LogP contribution in [0.25, 0.3) is 0 Å². The van der Waals surface area contributed by atoms with E-state index in [2.05, 4.69) is 4.98 Å². The third kappa shape index (κ3) is 4.38. The highest BCUT2D eigenvalue weighted by atomic mass is 19.1. The van der Waals surface area contributed by atoms with Gasteiger partial charge in [-0.2, -0.15) is 0 Å². The Bertz CT molecular complexity index is 582. The quantitative estimate of drug-likeness (QED) is 0.799. The number of nitrogens with zero attached hydrogens (tertiary/aromatic N) is 3. The van der Waals surface area contributed by atoms with Gasteiger partial charge in [-0.15, -0.1) is 0 Å². The fraction of sp³-hybridized carbons (Fsp3) is 0.533. The van der Waals surface area contributed by atoms with Gasteiger partial charge in [0.25, 0.3) is 5.91 Å². The largest absolute Gasteiger partial charge is 0.476 e. The highest BCUT2D eigenvalue weighted by Gasteiger charge is 2.39. The Labute approximate surface area is 134 Å². The number of amides is 2. The summed E-state index contributed by atoms with van der Waals surface area (Å²) in [4.78, 5) is 31.1. The predicted octanol–water partition coefficient (Wildman–Crippen LogP) is 0.0599. The maximum absolute atomic E-state index is 13.5. The Kier molecular flexibility index (Phi) is 5.49. The molecule has 1 aliphatic heterocycles. The van der Waals surface area contributed by atoms with Crippen molar-refractivity contribution in [3.63, 3.8) is 0 Å². The van der Waals surface area contributed by atoms with Gasteiger partial charge in [-0.3, -0.25) is 9.59 Å². The van der Waals surface area contributed by atoms with Crippen molar-refractivity contribution in [1.82, 2.24) is 14.8 Å². The van der Waals surface area contributed by atoms with Gasteiger partial charge in [0.1, 0.15) is 18.8 Å². The van der Waals surface area contributed by atoms with Crippen LogP contribution in [0.5, 0.6) is 5.88 Å². The first-order valence-corrected chi connectivity index (χ1v) is 7.36. The lowest BCUT2D eigenvalue weighted by atomic mass is 10.2. The number of hydrogen-bond acceptors (Lipinski definition) is 5. The Morgan fingerprint density at radius 2 is 2.26 bits per heavy atom. The van der Waals surface area contributed by atoms with Gasteiger partial charge in [-0.1, -0.05) is 0 Å². The predicted molar refractivity (Wildman–Crippen MR) is 81.8 cm³/mol. The molecule has 0 aliphatic carbocycles. The molecule has 8 heteroatoms. The molecule has 2 amide bonds. The smallest absolute Gasteiger partial charge is 0.254 e. The molecule has 2 atom stereocenters. The van der Waals surface area contributed by atoms with Gasteiger partial charge in [0.2, 0.25) is 11.8 Å². The molecule has 23 heavy (non-hydrogen) atoms. The Hall–Kier alpha value is -2.22. The molecule has 0 aromatic carbocycles. The zero-order valence-corrected chi connectivity index (χ0v) is 13.2. The number of hydrogen-bond donors (Lipinski definition) is 1. The maximum atomic E-state index is 13.5. The van der Waals surface area contributed by atoms with Crippen molar-refractivity contribution in [2.24, 2.45) is 5.73 Å². The topological polar surface area (TPSA) is 88.8 Å². The van der Waals surface area contributed by atoms with Crippen LogP contribution in [-0.4, -0.2) is 72.6 Å². The monoisotopic (exact) mass is 324 g/mol. The van der Waals surface area contributed by atoms with E-state index in [1.807, 2.05) is 19.0 Å². The fourth-order valence-electron chi connectivity index (χ4n) is 2.40. The van der Waals surface area contributed by atoms with E-state index in [1.54, 1.807) is 0 Å². The lowest BCUT2D eigenvalue weighted by Crippen LogP contribution is -2.43. The summed E-state index contributed by atoms with van der Waals surface area (Å²) in [6.45, 7) is 1.00. The SMILES string of the molecule is CN(C)CCOc1cc(C(=O)N2C[C@H](F)C[C@H]2C(N)=O)ccn1. The first-order valence-electron chi connectivity index (χ1n) is 7.36. The summed E-state index contributed by atoms with van der Waals surface area (Å²) in [6.07, 6.45) is 0.146. The molecule has 2 heterocycles. The average Bonchev–Trinajstić information content (AvgIpc) is 2.88. The molecule has 1 fully saturated rings. The average molecular weight is 324 g/mol. The number of ether oxygens (including phenoxy) is 1. The zero-order chi connectivity index (χ0) is 17.0. The minimum Gasteiger partial charge on any atom is -0.476 e. The lowest BCUT2D eigenvalue weighted by Gasteiger charge is -2.21. The molecule has 1 saturated heterocycles. The van der Waals surface area contributed by atoms with Gasteiger partial charge in [0.15, 0.2) is 0 Å². The van der Waals surface area contributed by atoms with Crippen LogP contribution >= 0.6 is 0 Å². The van der Waals surface area contributed by atoms with E-state index in [0.29, 0.717) is 24.6 Å². The van der Waals surface area contributed by atoms with Crippen LogP contribution in [-0.2, 0) is 4.79 Å². The molecule has 2 rings (SSSR count). The summed E-state index contributed by atoms with van der Waals surface area (Å²) in [6, 6.07) is 2.08. The van der Waals surface area contributed by atoms with Crippen LogP contribution in [0, 0.1) is 0 Å². The Balaban J connectivity index is 2.08. The molecule has 0 saturated carbocycles. The van der Waals surface area contributed by atoms with Crippen LogP contribution in [0.2, 0.25) is 0 Å². The maximum Gasteiger partial charge on any atom is 0.254 e. The number of nitrogens with two attached hydrogens (primary N) is 1. The molecule has 126 valence electrons. The molecule has 0 spiro atoms. The molecule has 0 bridgehead atoms. The summed E-state index contributed by atoms with van der Waals surface area (Å²) in [7, 11) is 3.84. The molecule has 1 aliphatic rings. The second-order valence-corrected chi connectivity index (χ2v) is 5.74. The van der Waals surface area contributed by atoms with Crippen molar-refractivity contribution in [3.8, 4) is 5.88 Å². The molecule has 2 N–H and O–H groups in total. The molecule has 1 aromatic rings. The van der Waals surface area contributed by atoms with Crippen molar-refractivity contribution >= 4 is 11.8 Å². The summed E-state index contributed by atoms with van der Waals surface area (Å²) >= 11 is 0. The van der Waals surface area contributed by atoms with Crippen LogP contribution < -0.4 is 10.5 Å². The van der Waals surface area contributed by atoms with E-state index in [0.717, 1.165) is 0 Å². The Morgan fingerprint density at radius 3 is 2.91 bits per heavy atom. The molecule has 0 unspecified atom stereocenters. The third-order valence-electron chi connectivity index (χ3n) is 3.61. The van der Waals surface area contributed by atoms with Gasteiger partial charge in [0, 0.05) is 30.8 Å². The summed E-state index contributed by atoms with van der Waals surface area (Å²) in [5.74, 6) is -0.840. The van der Waals surface area contributed by atoms with Crippen molar-refractivity contribution < 1.29 is 18.7 Å². The number of halogens is 1. The van der Waals surface area contributed by atoms with Gasteiger partial charge in [0.05, 0.1) is 6.54 Å². The molecule has 7 nitrogen and oxygen atoms in total. The van der Waals surface area contributed by atoms with Crippen molar-refractivity contribution in [3.05, 3.63) is 23.9 Å². The first-order chi connectivity index (χ1) is 10.9. The van der Waals surface area contributed by atoms with Crippen LogP contribution in [0.3, 0.4) is 0 Å². The second kappa shape index (κ2) is 7.36. The summed E-state index contributed by atoms with van der Waals surface area (Å²) in [5, 5.41) is 0. The van der Waals surface area contributed by atoms with Crippen molar-refractivity contribution in [2.45, 2.75) is 18.6 Å². The second-order valence-electron chi connectivity index (χ2n) is 5.74. The lowest BCUT2D eigenvalue weighted by molar-refractivity contribution is -0.121. The number of alkyl halides is 1. The number of carbonyl (C=O) groups excluding carboxylic acids is 2. The van der Waals surface area contributed by atoms with Crippen molar-refractivity contribution in [2.75, 3.05) is 33.8 Å². The number of primary amides is 1. The first kappa shape index (κ1) is 17.1. The van der Waals surface area contributed by atoms with E-state index in [-0.39, 0.29) is 13.0 Å². The molecule has 0 radical (unpaired) electrons. The van der Waals surface area contributed by atoms with E-state index >= 15 is 0 Å². The Morgan fingerprint density at radius 1 is 1.52 bits per heavy atom. The number of likely N-dealkylation sites (N-methyl/N-ethyl adjacent to an activating group) is 1. The third-order valence-corrected chi connectivity index (χ3v) is 3.61. The van der Waals surface area contributed by atoms with E-state index in [1.165, 1.54) is 23.2 Å². The van der Waals surface area contributed by atoms with Gasteiger partial charge in [-0.25, -0.2) is 9.37 Å². The summed E-state index contributed by atoms with van der Waals surface area (Å²) in [5.41, 5.74) is 5.54. The minimum atomic E-state index is -1.24. The highest BCUT2D eigenvalue weighted by Crippen LogP contribution is 2.23. The zero-order valence-electron chi connectivity index (χ0n) is 13.2. The molecule has 1 aromatic heterocycles. The standard InChI is InChI=1S/C15H21FN4O3/c1-19(2)5-6-23-13-7-10(3-4-18-13)15(22)20-9-11(16)8-12(20)14(17)21/h3-4,7,11-12H,5-6,8-9H2,1-2H3,(H2,17,21)/t11-,12+/m1/s1. The van der Waals surface area contributed by atoms with Crippen LogP contribution in [0.4, 0.5) is 4.39 Å². The number of carbonyl (C=O) groups is 2. The normalized spacial score (nSPS) is 20.8. The van der Waals surface area contributed by atoms with E-state index in [9.17, 15) is 14.0 Å². The van der Waals surface area contributed by atoms with E-state index < -0.39 is 24.0 Å². The van der Waals surface area contributed by atoms with Gasteiger partial charge >= 0.3 is 0 Å². The number of pyridine rings is 1. The summed E-state index contributed by atoms with van der Waals surface area (Å²) < 4.78 is 19.0. The number of aromatic nitrogens is 1. The van der Waals surface area contributed by atoms with Gasteiger partial charge < -0.3 is 20.3 Å². The fourth-order valence-corrected chi connectivity index (χ4v) is 2.40. The minimum absolute atomic E-state index is 0.0572. The van der Waals surface area contributed by atoms with Crippen LogP contribution in [0.1, 0.15) is 16.8 Å². The molecular weight excluding hydrogens is 303 g/mol. The van der Waals surface area contributed by atoms with Crippen molar-refractivity contribution in [1.29, 1.82) is 0 Å². The molecular formula is C15H21FN4O3. The van der Waals surface area contributed by atoms with Gasteiger partial charge in [-0.05, 0) is 20.2 Å². The number of rotatable bonds is 6.